The van der Waals surface area contributed by atoms with E-state index in [9.17, 15) is 55.4 Å². The molecule has 3 aliphatic rings. The van der Waals surface area contributed by atoms with Crippen LogP contribution in [0.5, 0.6) is 0 Å². The van der Waals surface area contributed by atoms with Crippen LogP contribution in [0.4, 0.5) is 0 Å². The van der Waals surface area contributed by atoms with Crippen LogP contribution in [0, 0.1) is 0 Å². The fourth-order valence-corrected chi connectivity index (χ4v) is 6.21. The molecule has 0 spiro atoms. The van der Waals surface area contributed by atoms with Crippen LogP contribution in [0.1, 0.15) is 60.8 Å². The summed E-state index contributed by atoms with van der Waals surface area (Å²) in [5, 5.41) is 94.6. The minimum absolute atomic E-state index is 0.0298. The van der Waals surface area contributed by atoms with Crippen molar-refractivity contribution >= 4 is 7.60 Å². The highest BCUT2D eigenvalue weighted by atomic mass is 31.2. The first kappa shape index (κ1) is 44.9. The van der Waals surface area contributed by atoms with Crippen molar-refractivity contribution in [3.63, 3.8) is 0 Å². The molecule has 51 heavy (non-hydrogen) atoms. The molecule has 0 amide bonds. The molecule has 0 aliphatic carbocycles. The molecule has 10 N–H and O–H groups in total. The molecule has 16 atom stereocenters. The largest absolute Gasteiger partial charge is 0.394 e. The Labute approximate surface area is 297 Å². The average molecular weight is 767 g/mol. The second kappa shape index (κ2) is 18.9. The number of aliphatic hydroxyl groups is 9. The summed E-state index contributed by atoms with van der Waals surface area (Å²) in [6.45, 7) is 8.38. The van der Waals surface area contributed by atoms with Crippen molar-refractivity contribution in [2.45, 2.75) is 164 Å². The lowest BCUT2D eigenvalue weighted by Gasteiger charge is -2.48. The van der Waals surface area contributed by atoms with E-state index in [4.69, 9.17) is 37.7 Å². The van der Waals surface area contributed by atoms with Gasteiger partial charge < -0.3 is 88.5 Å². The number of rotatable bonds is 16. The van der Waals surface area contributed by atoms with Gasteiger partial charge in [0.15, 0.2) is 18.9 Å². The molecule has 0 saturated carbocycles. The van der Waals surface area contributed by atoms with E-state index in [1.807, 2.05) is 0 Å². The Hall–Kier alpha value is -0.490. The van der Waals surface area contributed by atoms with Crippen molar-refractivity contribution in [3.8, 4) is 0 Å². The van der Waals surface area contributed by atoms with E-state index in [2.05, 4.69) is 0 Å². The van der Waals surface area contributed by atoms with Crippen molar-refractivity contribution in [2.24, 2.45) is 0 Å². The van der Waals surface area contributed by atoms with Crippen LogP contribution >= 0.6 is 7.60 Å². The quantitative estimate of drug-likeness (QED) is 0.0571. The summed E-state index contributed by atoms with van der Waals surface area (Å²) in [6.07, 6.45) is -23.1. The van der Waals surface area contributed by atoms with Crippen molar-refractivity contribution < 1.29 is 93.1 Å². The number of hydrogen-bond acceptors (Lipinski definition) is 18. The molecule has 16 unspecified atom stereocenters. The van der Waals surface area contributed by atoms with Gasteiger partial charge in [-0.2, -0.15) is 0 Å². The Kier molecular flexibility index (Phi) is 16.6. The van der Waals surface area contributed by atoms with Crippen LogP contribution in [0.15, 0.2) is 0 Å². The van der Waals surface area contributed by atoms with Gasteiger partial charge in [0, 0.05) is 6.61 Å². The third-order valence-corrected chi connectivity index (χ3v) is 11.0. The van der Waals surface area contributed by atoms with Crippen molar-refractivity contribution in [1.82, 2.24) is 0 Å². The summed E-state index contributed by atoms with van der Waals surface area (Å²) in [4.78, 5) is 10.0. The van der Waals surface area contributed by atoms with E-state index in [0.29, 0.717) is 19.3 Å². The lowest BCUT2D eigenvalue weighted by Crippen LogP contribution is -2.67. The minimum atomic E-state index is -3.80. The summed E-state index contributed by atoms with van der Waals surface area (Å²) in [5.74, 6) is 0. The van der Waals surface area contributed by atoms with E-state index in [-0.39, 0.29) is 19.8 Å². The molecule has 0 bridgehead atoms. The van der Waals surface area contributed by atoms with Crippen molar-refractivity contribution in [3.05, 3.63) is 0 Å². The standard InChI is InChI=1S/C31H59O19P/c1-30(2,3)44-14-17-18(34)21(37)22(38)28(48-17)49-26-20(36)16(13-33)47-29(24(26)40)50-25-19(35)15(12-32)46-27(23(25)39)43-10-8-7-9-11-45-51(41,42)31(4,5)6/h15-29,32-40H,7-14H2,1-6H3,(H,41,42). The van der Waals surface area contributed by atoms with Gasteiger partial charge in [0.2, 0.25) is 0 Å². The van der Waals surface area contributed by atoms with Crippen LogP contribution in [0.3, 0.4) is 0 Å². The first-order chi connectivity index (χ1) is 23.6. The second-order valence-corrected chi connectivity index (χ2v) is 17.6. The molecule has 20 heteroatoms. The molecule has 302 valence electrons. The average Bonchev–Trinajstić information content (AvgIpc) is 3.04. The molecule has 0 radical (unpaired) electrons. The van der Waals surface area contributed by atoms with E-state index >= 15 is 0 Å². The number of aliphatic hydroxyl groups excluding tert-OH is 9. The van der Waals surface area contributed by atoms with Gasteiger partial charge in [-0.15, -0.1) is 0 Å². The van der Waals surface area contributed by atoms with Gasteiger partial charge in [0.05, 0.1) is 37.2 Å². The van der Waals surface area contributed by atoms with Gasteiger partial charge in [-0.25, -0.2) is 0 Å². The first-order valence-electron chi connectivity index (χ1n) is 17.1. The van der Waals surface area contributed by atoms with Crippen LogP contribution < -0.4 is 0 Å². The second-order valence-electron chi connectivity index (χ2n) is 15.0. The zero-order valence-electron chi connectivity index (χ0n) is 29.9. The maximum absolute atomic E-state index is 12.2. The molecule has 0 aromatic rings. The monoisotopic (exact) mass is 766 g/mol. The van der Waals surface area contributed by atoms with Crippen molar-refractivity contribution in [2.75, 3.05) is 33.0 Å². The Morgan fingerprint density at radius 2 is 1.06 bits per heavy atom. The molecule has 0 aromatic carbocycles. The summed E-state index contributed by atoms with van der Waals surface area (Å²) in [7, 11) is -3.80. The highest BCUT2D eigenvalue weighted by molar-refractivity contribution is 7.54. The van der Waals surface area contributed by atoms with E-state index in [1.165, 1.54) is 0 Å². The molecule has 3 rings (SSSR count). The lowest BCUT2D eigenvalue weighted by atomic mass is 9.96. The van der Waals surface area contributed by atoms with Crippen LogP contribution in [0.2, 0.25) is 0 Å². The summed E-state index contributed by atoms with van der Waals surface area (Å²) >= 11 is 0. The smallest absolute Gasteiger partial charge is 0.333 e. The summed E-state index contributed by atoms with van der Waals surface area (Å²) in [6, 6.07) is 0. The zero-order chi connectivity index (χ0) is 38.5. The fraction of sp³-hybridized carbons (Fsp3) is 1.00. The van der Waals surface area contributed by atoms with Crippen LogP contribution in [-0.4, -0.2) is 187 Å². The first-order valence-corrected chi connectivity index (χ1v) is 18.7. The highest BCUT2D eigenvalue weighted by Crippen LogP contribution is 2.54. The fourth-order valence-electron chi connectivity index (χ4n) is 5.45. The molecule has 3 saturated heterocycles. The Morgan fingerprint density at radius 3 is 1.57 bits per heavy atom. The van der Waals surface area contributed by atoms with Crippen molar-refractivity contribution in [1.29, 1.82) is 0 Å². The van der Waals surface area contributed by atoms with Gasteiger partial charge in [0.1, 0.15) is 73.2 Å². The SMILES string of the molecule is CC(C)(C)OCC1OC(OC2C(O)C(CO)OC(OC3C(O)C(CO)OC(OCCCCCOP(=O)(O)C(C)(C)C)C3O)C2O)C(O)C(O)C1O. The molecular weight excluding hydrogens is 707 g/mol. The summed E-state index contributed by atoms with van der Waals surface area (Å²) < 4.78 is 56.9. The van der Waals surface area contributed by atoms with Gasteiger partial charge in [0.25, 0.3) is 0 Å². The Balaban J connectivity index is 1.65. The molecule has 0 aromatic heterocycles. The predicted octanol–water partition coefficient (Wildman–Crippen LogP) is -2.56. The minimum Gasteiger partial charge on any atom is -0.394 e. The van der Waals surface area contributed by atoms with Gasteiger partial charge in [-0.3, -0.25) is 4.57 Å². The number of ether oxygens (including phenoxy) is 7. The molecule has 3 aliphatic heterocycles. The van der Waals surface area contributed by atoms with Crippen LogP contribution in [-0.2, 0) is 42.2 Å². The third-order valence-electron chi connectivity index (χ3n) is 8.76. The van der Waals surface area contributed by atoms with Gasteiger partial charge >= 0.3 is 7.60 Å². The predicted molar refractivity (Wildman–Crippen MR) is 173 cm³/mol. The van der Waals surface area contributed by atoms with Crippen LogP contribution in [0.25, 0.3) is 0 Å². The van der Waals surface area contributed by atoms with Gasteiger partial charge in [-0.1, -0.05) is 0 Å². The van der Waals surface area contributed by atoms with E-state index in [0.717, 1.165) is 0 Å². The normalized spacial score (nSPS) is 41.0. The summed E-state index contributed by atoms with van der Waals surface area (Å²) in [5.41, 5.74) is -0.651. The number of hydrogen-bond donors (Lipinski definition) is 10. The maximum atomic E-state index is 12.2. The van der Waals surface area contributed by atoms with Gasteiger partial charge in [-0.05, 0) is 60.8 Å². The number of unbranched alkanes of at least 4 members (excludes halogenated alkanes) is 2. The third kappa shape index (κ3) is 11.8. The topological polar surface area (TPSA) is 293 Å². The molecular formula is C31H59O19P. The molecule has 3 fully saturated rings. The molecule has 19 nitrogen and oxygen atoms in total. The Bertz CT molecular complexity index is 1090. The lowest BCUT2D eigenvalue weighted by molar-refractivity contribution is -0.381. The zero-order valence-corrected chi connectivity index (χ0v) is 30.8. The highest BCUT2D eigenvalue weighted by Gasteiger charge is 2.54. The Morgan fingerprint density at radius 1 is 0.588 bits per heavy atom. The molecule has 3 heterocycles. The maximum Gasteiger partial charge on any atom is 0.333 e. The van der Waals surface area contributed by atoms with E-state index < -0.39 is 124 Å². The van der Waals surface area contributed by atoms with E-state index in [1.54, 1.807) is 41.5 Å².